The maximum Gasteiger partial charge on any atom is 0.322 e. The zero-order valence-corrected chi connectivity index (χ0v) is 20.6. The first-order valence-electron chi connectivity index (χ1n) is 12.9. The molecule has 7 nitrogen and oxygen atoms in total. The van der Waals surface area contributed by atoms with Crippen LogP contribution in [-0.4, -0.2) is 65.8 Å². The van der Waals surface area contributed by atoms with Crippen LogP contribution in [0.1, 0.15) is 43.0 Å². The Labute approximate surface area is 210 Å². The summed E-state index contributed by atoms with van der Waals surface area (Å²) in [4.78, 5) is 21.4. The van der Waals surface area contributed by atoms with Gasteiger partial charge < -0.3 is 29.9 Å². The van der Waals surface area contributed by atoms with E-state index < -0.39 is 6.04 Å². The van der Waals surface area contributed by atoms with Gasteiger partial charge in [0.25, 0.3) is 0 Å². The second kappa shape index (κ2) is 9.09. The molecule has 0 radical (unpaired) electrons. The van der Waals surface area contributed by atoms with Crippen LogP contribution in [0, 0.1) is 11.7 Å². The van der Waals surface area contributed by atoms with Crippen LogP contribution in [0.3, 0.4) is 0 Å². The van der Waals surface area contributed by atoms with Crippen LogP contribution < -0.4 is 10.1 Å². The molecule has 1 aromatic heterocycles. The Kier molecular flexibility index (Phi) is 5.88. The molecule has 190 valence electrons. The summed E-state index contributed by atoms with van der Waals surface area (Å²) in [6.45, 7) is 3.49. The Bertz CT molecular complexity index is 1260. The van der Waals surface area contributed by atoms with Crippen molar-refractivity contribution in [2.45, 2.75) is 37.1 Å². The van der Waals surface area contributed by atoms with Crippen LogP contribution >= 0.6 is 0 Å². The van der Waals surface area contributed by atoms with Crippen molar-refractivity contribution in [2.75, 3.05) is 45.2 Å². The highest BCUT2D eigenvalue weighted by atomic mass is 19.1. The molecule has 1 spiro atoms. The molecule has 6 rings (SSSR count). The number of methoxy groups -OCH3 is 1. The topological polar surface area (TPSA) is 80.8 Å². The smallest absolute Gasteiger partial charge is 0.322 e. The summed E-state index contributed by atoms with van der Waals surface area (Å²) in [5, 5.41) is 14.5. The zero-order chi connectivity index (χ0) is 24.9. The lowest BCUT2D eigenvalue weighted by molar-refractivity contribution is 0.0715. The number of anilines is 1. The lowest BCUT2D eigenvalue weighted by Gasteiger charge is -2.50. The van der Waals surface area contributed by atoms with Crippen molar-refractivity contribution in [1.29, 1.82) is 0 Å². The summed E-state index contributed by atoms with van der Waals surface area (Å²) in [5.74, 6) is 1.26. The van der Waals surface area contributed by atoms with Gasteiger partial charge in [-0.2, -0.15) is 0 Å². The number of halogens is 1. The molecule has 2 amide bonds. The summed E-state index contributed by atoms with van der Waals surface area (Å²) in [6.07, 6.45) is 4.57. The van der Waals surface area contributed by atoms with Crippen LogP contribution in [0.5, 0.6) is 5.75 Å². The minimum Gasteiger partial charge on any atom is -0.497 e. The number of aliphatic hydroxyl groups is 1. The number of fused-ring (bicyclic) bond motifs is 4. The number of aromatic nitrogens is 1. The molecule has 8 heteroatoms. The van der Waals surface area contributed by atoms with Gasteiger partial charge in [0.1, 0.15) is 11.6 Å². The molecule has 36 heavy (non-hydrogen) atoms. The number of aliphatic hydroxyl groups excluding tert-OH is 1. The molecule has 1 saturated carbocycles. The Morgan fingerprint density at radius 1 is 1.19 bits per heavy atom. The molecule has 2 fully saturated rings. The second-order valence-electron chi connectivity index (χ2n) is 10.6. The first-order chi connectivity index (χ1) is 17.5. The Morgan fingerprint density at radius 3 is 2.61 bits per heavy atom. The number of H-pyrrole nitrogens is 1. The number of urea groups is 1. The van der Waals surface area contributed by atoms with Gasteiger partial charge in [0, 0.05) is 46.9 Å². The highest BCUT2D eigenvalue weighted by Gasteiger charge is 2.49. The van der Waals surface area contributed by atoms with Crippen molar-refractivity contribution in [3.63, 3.8) is 0 Å². The molecule has 0 bridgehead atoms. The minimum absolute atomic E-state index is 0.197. The van der Waals surface area contributed by atoms with Crippen LogP contribution in [-0.2, 0) is 5.41 Å². The summed E-state index contributed by atoms with van der Waals surface area (Å²) in [7, 11) is 1.65. The highest BCUT2D eigenvalue weighted by Crippen LogP contribution is 2.49. The number of nitrogens with zero attached hydrogens (tertiary/aromatic N) is 2. The number of carbonyl (C=O) groups excluding carboxylic acids is 1. The van der Waals surface area contributed by atoms with Crippen LogP contribution in [0.4, 0.5) is 14.9 Å². The van der Waals surface area contributed by atoms with E-state index in [1.54, 1.807) is 24.1 Å². The number of nitrogens with one attached hydrogen (secondary N) is 2. The molecular formula is C28H33FN4O3. The number of carbonyl (C=O) groups is 1. The van der Waals surface area contributed by atoms with Gasteiger partial charge in [-0.05, 0) is 86.7 Å². The number of likely N-dealkylation sites (tertiary alicyclic amines) is 1. The lowest BCUT2D eigenvalue weighted by atomic mass is 9.68. The van der Waals surface area contributed by atoms with Gasteiger partial charge in [-0.1, -0.05) is 0 Å². The van der Waals surface area contributed by atoms with Gasteiger partial charge in [0.15, 0.2) is 0 Å². The van der Waals surface area contributed by atoms with Gasteiger partial charge in [-0.3, -0.25) is 0 Å². The van der Waals surface area contributed by atoms with Gasteiger partial charge in [0.05, 0.1) is 19.8 Å². The predicted octanol–water partition coefficient (Wildman–Crippen LogP) is 4.64. The number of piperidine rings is 1. The van der Waals surface area contributed by atoms with E-state index in [0.29, 0.717) is 12.2 Å². The van der Waals surface area contributed by atoms with E-state index in [2.05, 4.69) is 21.3 Å². The molecule has 0 unspecified atom stereocenters. The van der Waals surface area contributed by atoms with Gasteiger partial charge in [0.2, 0.25) is 0 Å². The third-order valence-electron chi connectivity index (χ3n) is 8.30. The average molecular weight is 493 g/mol. The molecule has 3 aliphatic rings. The number of hydrogen-bond donors (Lipinski definition) is 3. The van der Waals surface area contributed by atoms with Crippen molar-refractivity contribution < 1.29 is 19.0 Å². The van der Waals surface area contributed by atoms with Gasteiger partial charge >= 0.3 is 6.03 Å². The number of amides is 2. The van der Waals surface area contributed by atoms with E-state index in [9.17, 15) is 14.3 Å². The number of hydrogen-bond acceptors (Lipinski definition) is 4. The normalized spacial score (nSPS) is 21.5. The maximum absolute atomic E-state index is 13.6. The number of rotatable bonds is 5. The van der Waals surface area contributed by atoms with E-state index in [1.165, 1.54) is 37.1 Å². The Hall–Kier alpha value is -3.10. The minimum atomic E-state index is -0.506. The summed E-state index contributed by atoms with van der Waals surface area (Å²) in [5.41, 5.74) is 3.40. The molecule has 2 aromatic carbocycles. The Balaban J connectivity index is 1.38. The summed E-state index contributed by atoms with van der Waals surface area (Å²) in [6, 6.07) is 11.0. The van der Waals surface area contributed by atoms with Crippen LogP contribution in [0.15, 0.2) is 42.5 Å². The van der Waals surface area contributed by atoms with E-state index in [1.807, 2.05) is 12.1 Å². The first kappa shape index (κ1) is 23.3. The largest absolute Gasteiger partial charge is 0.497 e. The molecule has 1 saturated heterocycles. The fraction of sp³-hybridized carbons (Fsp3) is 0.464. The molecular weight excluding hydrogens is 459 g/mol. The van der Waals surface area contributed by atoms with Crippen molar-refractivity contribution in [3.8, 4) is 5.75 Å². The number of ether oxygens (including phenoxy) is 1. The van der Waals surface area contributed by atoms with Gasteiger partial charge in [-0.15, -0.1) is 0 Å². The molecule has 3 aromatic rings. The molecule has 1 atom stereocenters. The summed E-state index contributed by atoms with van der Waals surface area (Å²) < 4.78 is 18.9. The predicted molar refractivity (Wildman–Crippen MR) is 137 cm³/mol. The van der Waals surface area contributed by atoms with Crippen molar-refractivity contribution in [2.24, 2.45) is 5.92 Å². The van der Waals surface area contributed by atoms with E-state index in [-0.39, 0.29) is 23.9 Å². The monoisotopic (exact) mass is 492 g/mol. The second-order valence-corrected chi connectivity index (χ2v) is 10.6. The molecule has 1 aliphatic carbocycles. The Morgan fingerprint density at radius 2 is 1.94 bits per heavy atom. The quantitative estimate of drug-likeness (QED) is 0.485. The van der Waals surface area contributed by atoms with Crippen molar-refractivity contribution in [3.05, 3.63) is 59.5 Å². The standard InChI is InChI=1S/C28H33FN4O3/c1-36-21-8-9-22-23(14-21)31-26-24(16-34)33(27(35)30-20-6-4-19(29)5-7-20)17-28(25(22)26)10-12-32(13-11-28)15-18-2-3-18/h4-9,14,18,24,31,34H,2-3,10-13,15-17H2,1H3,(H,30,35)/t24-/m1/s1. The lowest BCUT2D eigenvalue weighted by Crippen LogP contribution is -2.56. The third-order valence-corrected chi connectivity index (χ3v) is 8.30. The summed E-state index contributed by atoms with van der Waals surface area (Å²) >= 11 is 0. The van der Waals surface area contributed by atoms with E-state index in [4.69, 9.17) is 4.74 Å². The van der Waals surface area contributed by atoms with Crippen molar-refractivity contribution in [1.82, 2.24) is 14.8 Å². The SMILES string of the molecule is COc1ccc2c3c([nH]c2c1)[C@@H](CO)N(C(=O)Nc1ccc(F)cc1)CC31CCN(CC2CC2)CC1. The fourth-order valence-corrected chi connectivity index (χ4v) is 6.19. The number of aromatic amines is 1. The maximum atomic E-state index is 13.6. The van der Waals surface area contributed by atoms with E-state index >= 15 is 0 Å². The third kappa shape index (κ3) is 4.12. The van der Waals surface area contributed by atoms with E-state index in [0.717, 1.165) is 54.2 Å². The molecule has 2 aliphatic heterocycles. The highest BCUT2D eigenvalue weighted by molar-refractivity contribution is 5.92. The van der Waals surface area contributed by atoms with Crippen molar-refractivity contribution >= 4 is 22.6 Å². The fourth-order valence-electron chi connectivity index (χ4n) is 6.19. The van der Waals surface area contributed by atoms with Gasteiger partial charge in [-0.25, -0.2) is 9.18 Å². The molecule has 3 N–H and O–H groups in total. The molecule has 3 heterocycles. The van der Waals surface area contributed by atoms with Crippen LogP contribution in [0.2, 0.25) is 0 Å². The van der Waals surface area contributed by atoms with Crippen LogP contribution in [0.25, 0.3) is 10.9 Å². The number of benzene rings is 2. The first-order valence-corrected chi connectivity index (χ1v) is 12.9. The zero-order valence-electron chi connectivity index (χ0n) is 20.6. The average Bonchev–Trinajstić information content (AvgIpc) is 3.62.